The highest BCUT2D eigenvalue weighted by atomic mass is 19.1. The Morgan fingerprint density at radius 3 is 2.59 bits per heavy atom. The van der Waals surface area contributed by atoms with Crippen molar-refractivity contribution in [2.45, 2.75) is 44.6 Å². The average molecular weight is 523 g/mol. The lowest BCUT2D eigenvalue weighted by molar-refractivity contribution is 0.0994. The summed E-state index contributed by atoms with van der Waals surface area (Å²) in [5, 5.41) is 0.602. The summed E-state index contributed by atoms with van der Waals surface area (Å²) in [6, 6.07) is 12.9. The number of Topliss-reactive ketones (excluding diaryl/α,β-unsaturated/α-hetero) is 1. The Morgan fingerprint density at radius 1 is 0.923 bits per heavy atom. The zero-order chi connectivity index (χ0) is 27.1. The molecule has 0 bridgehead atoms. The maximum atomic E-state index is 15.1. The van der Waals surface area contributed by atoms with Gasteiger partial charge in [-0.2, -0.15) is 0 Å². The summed E-state index contributed by atoms with van der Waals surface area (Å²) in [6.45, 7) is 2.22. The molecule has 0 aliphatic heterocycles. The van der Waals surface area contributed by atoms with Gasteiger partial charge in [-0.15, -0.1) is 0 Å². The minimum absolute atomic E-state index is 0.139. The van der Waals surface area contributed by atoms with Gasteiger partial charge in [-0.25, -0.2) is 8.78 Å². The first-order valence-corrected chi connectivity index (χ1v) is 13.2. The zero-order valence-corrected chi connectivity index (χ0v) is 21.6. The molecule has 2 aromatic carbocycles. The molecule has 1 saturated carbocycles. The fraction of sp³-hybridized carbons (Fsp3) is 0.250. The molecule has 2 N–H and O–H groups in total. The standard InChI is InChI=1S/C32H28F2N4O/c1-18-11-19(13-22(35)12-18)23-8-10-36-16-21(23)15-30(39)26-5-7-29(34)27-14-20(17-38-32(26)27)24-4-6-28(33)25-3-2-9-37-31(24)25/h2-10,14,16-19,22H,11-13,15,35H2,1H3/t18-,19+,22-/m0/s1. The molecule has 1 aliphatic carbocycles. The molecule has 3 heterocycles. The second kappa shape index (κ2) is 10.2. The van der Waals surface area contributed by atoms with E-state index < -0.39 is 5.82 Å². The number of hydrogen-bond acceptors (Lipinski definition) is 5. The second-order valence-electron chi connectivity index (χ2n) is 10.7. The largest absolute Gasteiger partial charge is 0.328 e. The van der Waals surface area contributed by atoms with Crippen LogP contribution < -0.4 is 5.73 Å². The average Bonchev–Trinajstić information content (AvgIpc) is 2.93. The Balaban J connectivity index is 1.36. The molecule has 0 unspecified atom stereocenters. The van der Waals surface area contributed by atoms with Gasteiger partial charge in [0.15, 0.2) is 5.78 Å². The van der Waals surface area contributed by atoms with E-state index in [-0.39, 0.29) is 35.4 Å². The number of rotatable bonds is 5. The monoisotopic (exact) mass is 522 g/mol. The van der Waals surface area contributed by atoms with Crippen LogP contribution >= 0.6 is 0 Å². The third-order valence-corrected chi connectivity index (χ3v) is 7.84. The second-order valence-corrected chi connectivity index (χ2v) is 10.7. The number of pyridine rings is 3. The quantitative estimate of drug-likeness (QED) is 0.257. The first-order chi connectivity index (χ1) is 18.9. The predicted molar refractivity (Wildman–Crippen MR) is 148 cm³/mol. The molecule has 0 spiro atoms. The number of nitrogens with two attached hydrogens (primary N) is 1. The van der Waals surface area contributed by atoms with Crippen molar-refractivity contribution in [3.8, 4) is 11.1 Å². The van der Waals surface area contributed by atoms with Crippen molar-refractivity contribution in [1.82, 2.24) is 15.0 Å². The van der Waals surface area contributed by atoms with E-state index in [1.807, 2.05) is 6.07 Å². The number of ketones is 1. The van der Waals surface area contributed by atoms with Crippen LogP contribution in [0.4, 0.5) is 8.78 Å². The lowest BCUT2D eigenvalue weighted by atomic mass is 9.75. The van der Waals surface area contributed by atoms with Crippen LogP contribution in [0, 0.1) is 17.6 Å². The third kappa shape index (κ3) is 4.79. The summed E-state index contributed by atoms with van der Waals surface area (Å²) < 4.78 is 29.4. The number of nitrogens with zero attached hydrogens (tertiary/aromatic N) is 3. The molecular weight excluding hydrogens is 494 g/mol. The van der Waals surface area contributed by atoms with Crippen molar-refractivity contribution in [3.05, 3.63) is 102 Å². The summed E-state index contributed by atoms with van der Waals surface area (Å²) in [4.78, 5) is 26.8. The first kappa shape index (κ1) is 25.2. The Labute approximate surface area is 225 Å². The van der Waals surface area contributed by atoms with Gasteiger partial charge in [-0.1, -0.05) is 6.92 Å². The minimum Gasteiger partial charge on any atom is -0.328 e. The molecule has 3 atom stereocenters. The number of aromatic nitrogens is 3. The Hall–Kier alpha value is -4.10. The van der Waals surface area contributed by atoms with Gasteiger partial charge in [0.25, 0.3) is 0 Å². The Bertz CT molecular complexity index is 1710. The van der Waals surface area contributed by atoms with Gasteiger partial charge in [0, 0.05) is 64.7 Å². The van der Waals surface area contributed by atoms with E-state index in [0.717, 1.165) is 30.4 Å². The van der Waals surface area contributed by atoms with Gasteiger partial charge < -0.3 is 5.73 Å². The minimum atomic E-state index is -0.484. The van der Waals surface area contributed by atoms with Crippen LogP contribution in [0.25, 0.3) is 32.9 Å². The molecule has 0 amide bonds. The summed E-state index contributed by atoms with van der Waals surface area (Å²) >= 11 is 0. The highest BCUT2D eigenvalue weighted by Gasteiger charge is 2.28. The van der Waals surface area contributed by atoms with E-state index in [1.165, 1.54) is 18.2 Å². The van der Waals surface area contributed by atoms with Gasteiger partial charge in [0.1, 0.15) is 11.6 Å². The summed E-state index contributed by atoms with van der Waals surface area (Å²) in [5.74, 6) is -0.226. The molecule has 196 valence electrons. The molecule has 3 aromatic heterocycles. The van der Waals surface area contributed by atoms with Crippen molar-refractivity contribution in [2.75, 3.05) is 0 Å². The van der Waals surface area contributed by atoms with E-state index in [0.29, 0.717) is 39.0 Å². The molecule has 0 radical (unpaired) electrons. The van der Waals surface area contributed by atoms with Crippen LogP contribution in [0.1, 0.15) is 53.6 Å². The third-order valence-electron chi connectivity index (χ3n) is 7.84. The van der Waals surface area contributed by atoms with E-state index in [1.54, 1.807) is 49.1 Å². The molecule has 39 heavy (non-hydrogen) atoms. The molecule has 6 rings (SSSR count). The van der Waals surface area contributed by atoms with Crippen molar-refractivity contribution >= 4 is 27.6 Å². The Morgan fingerprint density at radius 2 is 1.74 bits per heavy atom. The highest BCUT2D eigenvalue weighted by Crippen LogP contribution is 2.37. The van der Waals surface area contributed by atoms with Crippen LogP contribution in [0.15, 0.2) is 73.3 Å². The molecule has 1 aliphatic rings. The van der Waals surface area contributed by atoms with Gasteiger partial charge >= 0.3 is 0 Å². The number of halogens is 2. The van der Waals surface area contributed by atoms with Crippen molar-refractivity contribution in [2.24, 2.45) is 11.7 Å². The Kier molecular flexibility index (Phi) is 6.61. The van der Waals surface area contributed by atoms with Gasteiger partial charge in [-0.3, -0.25) is 19.7 Å². The normalized spacial score (nSPS) is 19.4. The maximum absolute atomic E-state index is 15.1. The van der Waals surface area contributed by atoms with E-state index >= 15 is 4.39 Å². The van der Waals surface area contributed by atoms with Gasteiger partial charge in [-0.05, 0) is 90.8 Å². The topological polar surface area (TPSA) is 81.8 Å². The molecule has 1 fully saturated rings. The summed E-state index contributed by atoms with van der Waals surface area (Å²) in [5.41, 5.74) is 10.6. The van der Waals surface area contributed by atoms with E-state index in [4.69, 9.17) is 5.73 Å². The number of carbonyl (C=O) groups excluding carboxylic acids is 1. The van der Waals surface area contributed by atoms with Crippen molar-refractivity contribution in [1.29, 1.82) is 0 Å². The van der Waals surface area contributed by atoms with Crippen molar-refractivity contribution < 1.29 is 13.6 Å². The lowest BCUT2D eigenvalue weighted by Crippen LogP contribution is -2.31. The van der Waals surface area contributed by atoms with E-state index in [9.17, 15) is 9.18 Å². The molecule has 5 aromatic rings. The van der Waals surface area contributed by atoms with Crippen LogP contribution in [-0.2, 0) is 6.42 Å². The number of carbonyl (C=O) groups is 1. The van der Waals surface area contributed by atoms with Gasteiger partial charge in [0.2, 0.25) is 0 Å². The molecule has 0 saturated heterocycles. The van der Waals surface area contributed by atoms with Gasteiger partial charge in [0.05, 0.1) is 11.0 Å². The van der Waals surface area contributed by atoms with Crippen LogP contribution in [0.5, 0.6) is 0 Å². The fourth-order valence-electron chi connectivity index (χ4n) is 6.09. The van der Waals surface area contributed by atoms with Crippen LogP contribution in [0.3, 0.4) is 0 Å². The van der Waals surface area contributed by atoms with Crippen LogP contribution in [-0.4, -0.2) is 26.8 Å². The molecule has 5 nitrogen and oxygen atoms in total. The number of hydrogen-bond donors (Lipinski definition) is 1. The smallest absolute Gasteiger partial charge is 0.169 e. The summed E-state index contributed by atoms with van der Waals surface area (Å²) in [7, 11) is 0. The lowest BCUT2D eigenvalue weighted by Gasteiger charge is -2.32. The first-order valence-electron chi connectivity index (χ1n) is 13.2. The zero-order valence-electron chi connectivity index (χ0n) is 21.6. The maximum Gasteiger partial charge on any atom is 0.169 e. The summed E-state index contributed by atoms with van der Waals surface area (Å²) in [6.07, 6.45) is 9.74. The van der Waals surface area contributed by atoms with Crippen LogP contribution in [0.2, 0.25) is 0 Å². The fourth-order valence-corrected chi connectivity index (χ4v) is 6.09. The predicted octanol–water partition coefficient (Wildman–Crippen LogP) is 6.78. The van der Waals surface area contributed by atoms with Crippen molar-refractivity contribution in [3.63, 3.8) is 0 Å². The number of benzene rings is 2. The molecular formula is C32H28F2N4O. The number of fused-ring (bicyclic) bond motifs is 2. The SMILES string of the molecule is C[C@@H]1C[C@H](N)C[C@H](c2ccncc2CC(=O)c2ccc(F)c3cc(-c4ccc(F)c5cccnc45)cnc23)C1. The van der Waals surface area contributed by atoms with E-state index in [2.05, 4.69) is 21.9 Å². The highest BCUT2D eigenvalue weighted by molar-refractivity contribution is 6.08. The molecule has 7 heteroatoms.